The van der Waals surface area contributed by atoms with Crippen molar-refractivity contribution in [1.82, 2.24) is 14.5 Å². The molecule has 152 valence electrons. The first-order chi connectivity index (χ1) is 15.3. The van der Waals surface area contributed by atoms with Gasteiger partial charge in [0.2, 0.25) is 5.89 Å². The number of fused-ring (bicyclic) bond motifs is 1. The molecule has 5 aromatic rings. The van der Waals surface area contributed by atoms with Gasteiger partial charge in [-0.1, -0.05) is 72.4 Å². The van der Waals surface area contributed by atoms with Crippen LogP contribution in [0.4, 0.5) is 0 Å². The third-order valence-electron chi connectivity index (χ3n) is 4.93. The van der Waals surface area contributed by atoms with Gasteiger partial charge in [-0.25, -0.2) is 9.97 Å². The zero-order valence-electron chi connectivity index (χ0n) is 16.6. The second-order valence-corrected chi connectivity index (χ2v) is 8.03. The smallest absolute Gasteiger partial charge is 0.262 e. The highest BCUT2D eigenvalue weighted by Gasteiger charge is 2.14. The number of aromatic nitrogens is 3. The maximum Gasteiger partial charge on any atom is 0.262 e. The molecule has 0 saturated carbocycles. The van der Waals surface area contributed by atoms with Crippen molar-refractivity contribution in [3.05, 3.63) is 113 Å². The lowest BCUT2D eigenvalue weighted by Gasteiger charge is -2.13. The van der Waals surface area contributed by atoms with E-state index >= 15 is 0 Å². The van der Waals surface area contributed by atoms with Crippen LogP contribution in [0, 0.1) is 0 Å². The molecule has 2 heterocycles. The molecule has 0 fully saturated rings. The summed E-state index contributed by atoms with van der Waals surface area (Å²) in [6.45, 7) is 0.466. The van der Waals surface area contributed by atoms with Gasteiger partial charge in [-0.3, -0.25) is 9.36 Å². The van der Waals surface area contributed by atoms with Gasteiger partial charge in [0.15, 0.2) is 5.16 Å². The molecule has 5 rings (SSSR count). The normalized spacial score (nSPS) is 11.1. The van der Waals surface area contributed by atoms with E-state index in [0.717, 1.165) is 16.8 Å². The number of hydrogen-bond acceptors (Lipinski definition) is 5. The second kappa shape index (κ2) is 8.62. The molecule has 0 aliphatic rings. The van der Waals surface area contributed by atoms with Crippen LogP contribution in [0.15, 0.2) is 106 Å². The number of thioether (sulfide) groups is 1. The van der Waals surface area contributed by atoms with E-state index in [1.165, 1.54) is 11.8 Å². The first-order valence-electron chi connectivity index (χ1n) is 9.94. The molecule has 5 nitrogen and oxygen atoms in total. The number of para-hydroxylation sites is 1. The average Bonchev–Trinajstić information content (AvgIpc) is 3.30. The van der Waals surface area contributed by atoms with Gasteiger partial charge in [-0.05, 0) is 29.8 Å². The van der Waals surface area contributed by atoms with Gasteiger partial charge in [0.1, 0.15) is 6.26 Å². The lowest BCUT2D eigenvalue weighted by molar-refractivity contribution is 0.573. The zero-order chi connectivity index (χ0) is 21.0. The number of hydrogen-bond donors (Lipinski definition) is 0. The van der Waals surface area contributed by atoms with Crippen LogP contribution >= 0.6 is 11.8 Å². The Bertz CT molecular complexity index is 1380. The summed E-state index contributed by atoms with van der Waals surface area (Å²) < 4.78 is 7.38. The summed E-state index contributed by atoms with van der Waals surface area (Å²) in [5, 5.41) is 1.28. The van der Waals surface area contributed by atoms with Gasteiger partial charge in [0.25, 0.3) is 5.56 Å². The van der Waals surface area contributed by atoms with E-state index < -0.39 is 0 Å². The molecule has 0 aliphatic heterocycles. The summed E-state index contributed by atoms with van der Waals surface area (Å²) in [4.78, 5) is 22.6. The highest BCUT2D eigenvalue weighted by molar-refractivity contribution is 7.98. The summed E-state index contributed by atoms with van der Waals surface area (Å²) in [6.07, 6.45) is 1.66. The van der Waals surface area contributed by atoms with Crippen LogP contribution in [-0.4, -0.2) is 14.5 Å². The van der Waals surface area contributed by atoms with Gasteiger partial charge >= 0.3 is 0 Å². The topological polar surface area (TPSA) is 60.9 Å². The number of oxazole rings is 1. The molecule has 0 bridgehead atoms. The summed E-state index contributed by atoms with van der Waals surface area (Å²) in [7, 11) is 0. The quantitative estimate of drug-likeness (QED) is 0.270. The minimum Gasteiger partial charge on any atom is -0.444 e. The van der Waals surface area contributed by atoms with Crippen molar-refractivity contribution < 1.29 is 4.42 Å². The van der Waals surface area contributed by atoms with Crippen LogP contribution in [0.25, 0.3) is 22.4 Å². The second-order valence-electron chi connectivity index (χ2n) is 7.09. The Kier molecular flexibility index (Phi) is 5.37. The van der Waals surface area contributed by atoms with Crippen molar-refractivity contribution in [1.29, 1.82) is 0 Å². The summed E-state index contributed by atoms with van der Waals surface area (Å²) in [5.41, 5.74) is 3.45. The lowest BCUT2D eigenvalue weighted by Crippen LogP contribution is -2.24. The van der Waals surface area contributed by atoms with Gasteiger partial charge in [-0.2, -0.15) is 0 Å². The van der Waals surface area contributed by atoms with Crippen molar-refractivity contribution >= 4 is 22.7 Å². The van der Waals surface area contributed by atoms with Crippen LogP contribution < -0.4 is 5.56 Å². The first kappa shape index (κ1) is 19.3. The molecule has 31 heavy (non-hydrogen) atoms. The van der Waals surface area contributed by atoms with E-state index in [-0.39, 0.29) is 5.56 Å². The van der Waals surface area contributed by atoms with Gasteiger partial charge < -0.3 is 4.42 Å². The van der Waals surface area contributed by atoms with E-state index in [0.29, 0.717) is 34.2 Å². The van der Waals surface area contributed by atoms with Gasteiger partial charge in [0, 0.05) is 11.3 Å². The highest BCUT2D eigenvalue weighted by atomic mass is 32.2. The third-order valence-corrected chi connectivity index (χ3v) is 5.94. The maximum atomic E-state index is 13.2. The molecule has 0 radical (unpaired) electrons. The van der Waals surface area contributed by atoms with Crippen LogP contribution in [-0.2, 0) is 12.3 Å². The minimum absolute atomic E-state index is 0.0397. The van der Waals surface area contributed by atoms with E-state index in [9.17, 15) is 4.79 Å². The van der Waals surface area contributed by atoms with Gasteiger partial charge in [0.05, 0.1) is 23.1 Å². The Morgan fingerprint density at radius 1 is 0.839 bits per heavy atom. The van der Waals surface area contributed by atoms with E-state index in [2.05, 4.69) is 4.98 Å². The van der Waals surface area contributed by atoms with Crippen molar-refractivity contribution in [2.45, 2.75) is 17.5 Å². The molecule has 0 aliphatic carbocycles. The monoisotopic (exact) mass is 425 g/mol. The number of nitrogens with zero attached hydrogens (tertiary/aromatic N) is 3. The van der Waals surface area contributed by atoms with Crippen molar-refractivity contribution in [3.63, 3.8) is 0 Å². The molecule has 2 aromatic heterocycles. The predicted molar refractivity (Wildman–Crippen MR) is 123 cm³/mol. The minimum atomic E-state index is -0.0397. The summed E-state index contributed by atoms with van der Waals surface area (Å²) in [5.74, 6) is 1.14. The molecular weight excluding hydrogens is 406 g/mol. The molecule has 0 atom stereocenters. The third kappa shape index (κ3) is 4.15. The molecule has 0 saturated heterocycles. The molecular formula is C25H19N3O2S. The molecule has 3 aromatic carbocycles. The Hall–Kier alpha value is -3.64. The predicted octanol–water partition coefficient (Wildman–Crippen LogP) is 5.39. The standard InChI is InChI=1S/C25H19N3O2S/c29-24-21-13-7-8-14-22(21)27-25(28(24)15-18-9-3-1-4-10-18)31-17-20-16-30-23(26-20)19-11-5-2-6-12-19/h1-14,16H,15,17H2. The van der Waals surface area contributed by atoms with Crippen LogP contribution in [0.1, 0.15) is 11.3 Å². The maximum absolute atomic E-state index is 13.2. The van der Waals surface area contributed by atoms with Crippen molar-refractivity contribution in [2.24, 2.45) is 0 Å². The van der Waals surface area contributed by atoms with Crippen LogP contribution in [0.3, 0.4) is 0 Å². The number of rotatable bonds is 6. The van der Waals surface area contributed by atoms with Crippen molar-refractivity contribution in [2.75, 3.05) is 0 Å². The fourth-order valence-electron chi connectivity index (χ4n) is 3.39. The fourth-order valence-corrected chi connectivity index (χ4v) is 4.26. The Balaban J connectivity index is 1.47. The van der Waals surface area contributed by atoms with E-state index in [1.54, 1.807) is 10.8 Å². The molecule has 6 heteroatoms. The lowest BCUT2D eigenvalue weighted by atomic mass is 10.2. The largest absolute Gasteiger partial charge is 0.444 e. The summed E-state index contributed by atoms with van der Waals surface area (Å²) in [6, 6.07) is 27.2. The molecule has 0 amide bonds. The fraction of sp³-hybridized carbons (Fsp3) is 0.0800. The molecule has 0 unspecified atom stereocenters. The van der Waals surface area contributed by atoms with Crippen LogP contribution in [0.5, 0.6) is 0 Å². The van der Waals surface area contributed by atoms with E-state index in [1.807, 2.05) is 84.9 Å². The van der Waals surface area contributed by atoms with Gasteiger partial charge in [-0.15, -0.1) is 0 Å². The summed E-state index contributed by atoms with van der Waals surface area (Å²) >= 11 is 1.49. The number of benzene rings is 3. The Labute approximate surface area is 183 Å². The molecule has 0 spiro atoms. The van der Waals surface area contributed by atoms with Crippen LogP contribution in [0.2, 0.25) is 0 Å². The Morgan fingerprint density at radius 2 is 1.55 bits per heavy atom. The van der Waals surface area contributed by atoms with E-state index in [4.69, 9.17) is 9.40 Å². The SMILES string of the molecule is O=c1c2ccccc2nc(SCc2coc(-c3ccccc3)n2)n1Cc1ccccc1. The highest BCUT2D eigenvalue weighted by Crippen LogP contribution is 2.25. The zero-order valence-corrected chi connectivity index (χ0v) is 17.5. The molecule has 0 N–H and O–H groups in total. The average molecular weight is 426 g/mol. The van der Waals surface area contributed by atoms with Crippen molar-refractivity contribution in [3.8, 4) is 11.5 Å². The first-order valence-corrected chi connectivity index (χ1v) is 10.9. The Morgan fingerprint density at radius 3 is 2.35 bits per heavy atom.